The first kappa shape index (κ1) is 27.4. The van der Waals surface area contributed by atoms with Gasteiger partial charge in [0.1, 0.15) is 0 Å². The average Bonchev–Trinajstić information content (AvgIpc) is 3.60. The number of halogens is 1. The molecule has 5 aromatic rings. The van der Waals surface area contributed by atoms with Crippen LogP contribution in [0.15, 0.2) is 82.8 Å². The number of carbonyl (C=O) groups excluding carboxylic acids is 1. The standard InChI is InChI=1S/C32H28ClN5O4/c1-2-14-37-26-11-8-20(15-21(26)18-34-37)27-17-25(36-38(27)28(39)12-13-29(40)41)31-30(19-6-4-3-5-7-19)23-16-22(33)9-10-24(23)35-32(31)42/h3-11,15-16,18,27H,2,12-14,17H2,1H3,(H,35,42)(H,40,41). The number of aliphatic carboxylic acids is 1. The number of H-pyrrole nitrogens is 1. The maximum absolute atomic E-state index is 13.7. The topological polar surface area (TPSA) is 121 Å². The van der Waals surface area contributed by atoms with Gasteiger partial charge in [-0.15, -0.1) is 0 Å². The zero-order chi connectivity index (χ0) is 29.4. The van der Waals surface area contributed by atoms with E-state index in [0.717, 1.165) is 40.4 Å². The van der Waals surface area contributed by atoms with Crippen molar-refractivity contribution in [3.8, 4) is 11.1 Å². The minimum atomic E-state index is -1.07. The molecular weight excluding hydrogens is 554 g/mol. The van der Waals surface area contributed by atoms with E-state index < -0.39 is 17.9 Å². The summed E-state index contributed by atoms with van der Waals surface area (Å²) in [6, 6.07) is 20.2. The van der Waals surface area contributed by atoms with Gasteiger partial charge in [-0.2, -0.15) is 10.2 Å². The van der Waals surface area contributed by atoms with E-state index in [1.54, 1.807) is 18.3 Å². The first-order valence-electron chi connectivity index (χ1n) is 13.8. The third-order valence-corrected chi connectivity index (χ3v) is 7.77. The van der Waals surface area contributed by atoms with E-state index in [2.05, 4.69) is 17.0 Å². The quantitative estimate of drug-likeness (QED) is 0.228. The molecule has 2 aromatic heterocycles. The molecule has 0 bridgehead atoms. The van der Waals surface area contributed by atoms with Crippen molar-refractivity contribution >= 4 is 51.0 Å². The second-order valence-electron chi connectivity index (χ2n) is 10.3. The van der Waals surface area contributed by atoms with Crippen LogP contribution >= 0.6 is 11.6 Å². The maximum atomic E-state index is 13.7. The normalized spacial score (nSPS) is 15.0. The number of hydrogen-bond donors (Lipinski definition) is 2. The van der Waals surface area contributed by atoms with Crippen molar-refractivity contribution in [3.63, 3.8) is 0 Å². The summed E-state index contributed by atoms with van der Waals surface area (Å²) in [4.78, 5) is 41.4. The van der Waals surface area contributed by atoms with Gasteiger partial charge in [0.2, 0.25) is 5.91 Å². The number of nitrogens with zero attached hydrogens (tertiary/aromatic N) is 4. The number of carboxylic acids is 1. The highest BCUT2D eigenvalue weighted by Crippen LogP contribution is 2.38. The molecule has 10 heteroatoms. The number of aromatic nitrogens is 3. The largest absolute Gasteiger partial charge is 0.481 e. The third-order valence-electron chi connectivity index (χ3n) is 7.53. The summed E-state index contributed by atoms with van der Waals surface area (Å²) in [5.74, 6) is -1.50. The number of pyridine rings is 1. The number of hydrogen-bond acceptors (Lipinski definition) is 5. The lowest BCUT2D eigenvalue weighted by atomic mass is 9.91. The Labute approximate surface area is 246 Å². The fraction of sp³-hybridized carbons (Fsp3) is 0.219. The Hall–Kier alpha value is -4.76. The van der Waals surface area contributed by atoms with Crippen LogP contribution in [-0.2, 0) is 16.1 Å². The van der Waals surface area contributed by atoms with Gasteiger partial charge in [-0.25, -0.2) is 5.01 Å². The number of fused-ring (bicyclic) bond motifs is 2. The zero-order valence-electron chi connectivity index (χ0n) is 22.9. The van der Waals surface area contributed by atoms with Gasteiger partial charge in [-0.1, -0.05) is 54.9 Å². The van der Waals surface area contributed by atoms with E-state index in [1.165, 1.54) is 5.01 Å². The number of aromatic amines is 1. The van der Waals surface area contributed by atoms with Gasteiger partial charge in [-0.3, -0.25) is 19.1 Å². The maximum Gasteiger partial charge on any atom is 0.303 e. The summed E-state index contributed by atoms with van der Waals surface area (Å²) < 4.78 is 1.94. The van der Waals surface area contributed by atoms with Gasteiger partial charge in [0, 0.05) is 46.3 Å². The highest BCUT2D eigenvalue weighted by molar-refractivity contribution is 6.31. The predicted octanol–water partition coefficient (Wildman–Crippen LogP) is 6.15. The summed E-state index contributed by atoms with van der Waals surface area (Å²) in [5.41, 5.74) is 4.37. The number of nitrogens with one attached hydrogen (secondary N) is 1. The van der Waals surface area contributed by atoms with Crippen molar-refractivity contribution in [3.05, 3.63) is 99.4 Å². The summed E-state index contributed by atoms with van der Waals surface area (Å²) >= 11 is 6.40. The Morgan fingerprint density at radius 3 is 2.62 bits per heavy atom. The van der Waals surface area contributed by atoms with E-state index in [1.807, 2.05) is 59.3 Å². The van der Waals surface area contributed by atoms with Crippen molar-refractivity contribution in [2.75, 3.05) is 0 Å². The minimum absolute atomic E-state index is 0.214. The second-order valence-corrected chi connectivity index (χ2v) is 10.8. The van der Waals surface area contributed by atoms with E-state index >= 15 is 0 Å². The van der Waals surface area contributed by atoms with E-state index in [-0.39, 0.29) is 24.8 Å². The van der Waals surface area contributed by atoms with Crippen LogP contribution in [0.5, 0.6) is 0 Å². The molecule has 0 saturated carbocycles. The predicted molar refractivity (Wildman–Crippen MR) is 163 cm³/mol. The van der Waals surface area contributed by atoms with Gasteiger partial charge in [0.25, 0.3) is 5.56 Å². The second kappa shape index (κ2) is 11.3. The van der Waals surface area contributed by atoms with Gasteiger partial charge in [0.15, 0.2) is 0 Å². The van der Waals surface area contributed by atoms with Crippen LogP contribution < -0.4 is 5.56 Å². The molecular formula is C32H28ClN5O4. The van der Waals surface area contributed by atoms with Crippen LogP contribution in [0.3, 0.4) is 0 Å². The number of hydrazone groups is 1. The number of rotatable bonds is 8. The van der Waals surface area contributed by atoms with Gasteiger partial charge >= 0.3 is 5.97 Å². The Bertz CT molecular complexity index is 1930. The summed E-state index contributed by atoms with van der Waals surface area (Å²) in [5, 5.41) is 22.0. The first-order chi connectivity index (χ1) is 20.3. The Balaban J connectivity index is 1.50. The molecule has 1 aliphatic rings. The van der Waals surface area contributed by atoms with Crippen molar-refractivity contribution < 1.29 is 14.7 Å². The molecule has 3 aromatic carbocycles. The fourth-order valence-electron chi connectivity index (χ4n) is 5.63. The van der Waals surface area contributed by atoms with E-state index in [9.17, 15) is 19.5 Å². The number of carboxylic acid groups (broad SMARTS) is 1. The van der Waals surface area contributed by atoms with Crippen molar-refractivity contribution in [1.82, 2.24) is 19.8 Å². The summed E-state index contributed by atoms with van der Waals surface area (Å²) in [6.45, 7) is 2.88. The van der Waals surface area contributed by atoms with Gasteiger partial charge < -0.3 is 10.1 Å². The average molecular weight is 582 g/mol. The van der Waals surface area contributed by atoms with Crippen LogP contribution in [0.4, 0.5) is 0 Å². The number of benzene rings is 3. The van der Waals surface area contributed by atoms with E-state index in [0.29, 0.717) is 27.4 Å². The minimum Gasteiger partial charge on any atom is -0.481 e. The van der Waals surface area contributed by atoms with Crippen LogP contribution in [0.25, 0.3) is 32.9 Å². The molecule has 0 fully saturated rings. The number of amides is 1. The molecule has 0 spiro atoms. The van der Waals surface area contributed by atoms with Crippen LogP contribution in [0.2, 0.25) is 5.02 Å². The highest BCUT2D eigenvalue weighted by atomic mass is 35.5. The summed E-state index contributed by atoms with van der Waals surface area (Å²) in [6.07, 6.45) is 2.48. The summed E-state index contributed by atoms with van der Waals surface area (Å²) in [7, 11) is 0. The molecule has 0 aliphatic carbocycles. The lowest BCUT2D eigenvalue weighted by molar-refractivity contribution is -0.141. The molecule has 1 atom stereocenters. The monoisotopic (exact) mass is 581 g/mol. The van der Waals surface area contributed by atoms with E-state index in [4.69, 9.17) is 16.7 Å². The SMILES string of the molecule is CCCn1ncc2cc(C3CC(c4c(-c5ccccc5)c5cc(Cl)ccc5[nH]c4=O)=NN3C(=O)CCC(=O)O)ccc21. The molecule has 1 amide bonds. The van der Waals surface area contributed by atoms with Crippen molar-refractivity contribution in [2.24, 2.45) is 5.10 Å². The molecule has 9 nitrogen and oxygen atoms in total. The molecule has 6 rings (SSSR count). The number of aryl methyl sites for hydroxylation is 1. The molecule has 42 heavy (non-hydrogen) atoms. The lowest BCUT2D eigenvalue weighted by Crippen LogP contribution is -2.27. The molecule has 212 valence electrons. The Kier molecular flexibility index (Phi) is 7.34. The van der Waals surface area contributed by atoms with Gasteiger partial charge in [-0.05, 0) is 47.9 Å². The number of carbonyl (C=O) groups is 2. The molecule has 0 radical (unpaired) electrons. The van der Waals surface area contributed by atoms with Crippen LogP contribution in [-0.4, -0.2) is 42.5 Å². The smallest absolute Gasteiger partial charge is 0.303 e. The molecule has 3 heterocycles. The third kappa shape index (κ3) is 5.07. The first-order valence-corrected chi connectivity index (χ1v) is 14.2. The molecule has 1 unspecified atom stereocenters. The Morgan fingerprint density at radius 1 is 1.05 bits per heavy atom. The van der Waals surface area contributed by atoms with Crippen molar-refractivity contribution in [2.45, 2.75) is 45.2 Å². The van der Waals surface area contributed by atoms with Crippen LogP contribution in [0, 0.1) is 0 Å². The van der Waals surface area contributed by atoms with Crippen LogP contribution in [0.1, 0.15) is 49.8 Å². The Morgan fingerprint density at radius 2 is 1.86 bits per heavy atom. The molecule has 0 saturated heterocycles. The molecule has 2 N–H and O–H groups in total. The zero-order valence-corrected chi connectivity index (χ0v) is 23.6. The van der Waals surface area contributed by atoms with Gasteiger partial charge in [0.05, 0.1) is 35.5 Å². The lowest BCUT2D eigenvalue weighted by Gasteiger charge is -2.22. The van der Waals surface area contributed by atoms with Crippen molar-refractivity contribution in [1.29, 1.82) is 0 Å². The fourth-order valence-corrected chi connectivity index (χ4v) is 5.80. The molecule has 1 aliphatic heterocycles. The highest BCUT2D eigenvalue weighted by Gasteiger charge is 2.35.